The number of alkyl halides is 1. The lowest BCUT2D eigenvalue weighted by Crippen LogP contribution is -2.46. The van der Waals surface area contributed by atoms with Crippen LogP contribution in [0, 0.1) is 0 Å². The third-order valence-electron chi connectivity index (χ3n) is 1.79. The molecule has 0 saturated carbocycles. The Morgan fingerprint density at radius 3 is 2.36 bits per heavy atom. The number of hydrogen-bond donors (Lipinski definition) is 1. The summed E-state index contributed by atoms with van der Waals surface area (Å²) in [5.41, 5.74) is 0. The largest absolute Gasteiger partial charge is 0.324 e. The first kappa shape index (κ1) is 13.2. The van der Waals surface area contributed by atoms with Gasteiger partial charge in [0.15, 0.2) is 0 Å². The summed E-state index contributed by atoms with van der Waals surface area (Å²) >= 11 is 5.37. The molecule has 0 fully saturated rings. The number of carbonyl (C=O) groups excluding carboxylic acids is 2. The summed E-state index contributed by atoms with van der Waals surface area (Å²) in [4.78, 5) is 24.1. The summed E-state index contributed by atoms with van der Waals surface area (Å²) in [6.45, 7) is 6.24. The Hall–Kier alpha value is -0.770. The lowest BCUT2D eigenvalue weighted by atomic mass is 10.3. The summed E-state index contributed by atoms with van der Waals surface area (Å²) in [6.07, 6.45) is 0.170. The quantitative estimate of drug-likeness (QED) is 0.732. The Kier molecular flexibility index (Phi) is 6.28. The van der Waals surface area contributed by atoms with Crippen LogP contribution in [0.15, 0.2) is 0 Å². The molecule has 0 radical (unpaired) electrons. The van der Waals surface area contributed by atoms with Crippen molar-refractivity contribution in [3.05, 3.63) is 0 Å². The number of rotatable bonds is 4. The number of amides is 3. The zero-order chi connectivity index (χ0) is 11.1. The first-order valence-electron chi connectivity index (χ1n) is 4.69. The van der Waals surface area contributed by atoms with Crippen LogP contribution in [0.1, 0.15) is 27.2 Å². The van der Waals surface area contributed by atoms with E-state index < -0.39 is 0 Å². The summed E-state index contributed by atoms with van der Waals surface area (Å²) in [6, 6.07) is -0.263. The second-order valence-electron chi connectivity index (χ2n) is 3.17. The van der Waals surface area contributed by atoms with Crippen LogP contribution >= 0.6 is 11.6 Å². The Morgan fingerprint density at radius 2 is 2.00 bits per heavy atom. The zero-order valence-electron chi connectivity index (χ0n) is 8.84. The summed E-state index contributed by atoms with van der Waals surface area (Å²) in [5.74, 6) is -0.100. The number of urea groups is 1. The van der Waals surface area contributed by atoms with Crippen LogP contribution in [0.2, 0.25) is 0 Å². The van der Waals surface area contributed by atoms with Crippen molar-refractivity contribution in [1.82, 2.24) is 10.2 Å². The van der Waals surface area contributed by atoms with Crippen molar-refractivity contribution in [3.63, 3.8) is 0 Å². The molecule has 0 aromatic carbocycles. The average molecular weight is 221 g/mol. The van der Waals surface area contributed by atoms with Crippen LogP contribution in [-0.4, -0.2) is 35.3 Å². The van der Waals surface area contributed by atoms with E-state index >= 15 is 0 Å². The van der Waals surface area contributed by atoms with Crippen LogP contribution in [0.4, 0.5) is 4.79 Å². The monoisotopic (exact) mass is 220 g/mol. The van der Waals surface area contributed by atoms with Gasteiger partial charge < -0.3 is 4.90 Å². The number of imide groups is 1. The predicted octanol–water partition coefficient (Wildman–Crippen LogP) is 1.58. The summed E-state index contributed by atoms with van der Waals surface area (Å²) in [7, 11) is 0. The van der Waals surface area contributed by atoms with Crippen LogP contribution < -0.4 is 5.32 Å². The molecular formula is C9H17ClN2O2. The maximum Gasteiger partial charge on any atom is 0.324 e. The first-order valence-corrected chi connectivity index (χ1v) is 5.22. The van der Waals surface area contributed by atoms with Gasteiger partial charge in [-0.2, -0.15) is 0 Å². The van der Waals surface area contributed by atoms with E-state index in [1.54, 1.807) is 4.90 Å². The highest BCUT2D eigenvalue weighted by molar-refractivity contribution is 6.19. The number of hydrogen-bond acceptors (Lipinski definition) is 2. The molecule has 1 N–H and O–H groups in total. The van der Waals surface area contributed by atoms with E-state index in [0.717, 1.165) is 0 Å². The lowest BCUT2D eigenvalue weighted by Gasteiger charge is -2.24. The van der Waals surface area contributed by atoms with E-state index in [1.807, 2.05) is 20.8 Å². The highest BCUT2D eigenvalue weighted by Crippen LogP contribution is 1.98. The molecular weight excluding hydrogens is 204 g/mol. The molecule has 0 bridgehead atoms. The van der Waals surface area contributed by atoms with Crippen molar-refractivity contribution < 1.29 is 9.59 Å². The smallest absolute Gasteiger partial charge is 0.322 e. The van der Waals surface area contributed by atoms with Gasteiger partial charge >= 0.3 is 6.03 Å². The van der Waals surface area contributed by atoms with Gasteiger partial charge in [0, 0.05) is 24.9 Å². The molecule has 0 atom stereocenters. The van der Waals surface area contributed by atoms with Crippen molar-refractivity contribution in [2.75, 3.05) is 12.4 Å². The van der Waals surface area contributed by atoms with Gasteiger partial charge in [-0.3, -0.25) is 10.1 Å². The van der Waals surface area contributed by atoms with Crippen molar-refractivity contribution in [2.24, 2.45) is 0 Å². The molecule has 5 heteroatoms. The van der Waals surface area contributed by atoms with Crippen molar-refractivity contribution in [2.45, 2.75) is 33.2 Å². The molecule has 0 aliphatic carbocycles. The minimum Gasteiger partial charge on any atom is -0.322 e. The average Bonchev–Trinajstić information content (AvgIpc) is 2.04. The Bertz CT molecular complexity index is 207. The summed E-state index contributed by atoms with van der Waals surface area (Å²) in [5, 5.41) is 2.28. The normalized spacial score (nSPS) is 10.1. The van der Waals surface area contributed by atoms with Crippen LogP contribution in [-0.2, 0) is 4.79 Å². The van der Waals surface area contributed by atoms with Gasteiger partial charge in [0.2, 0.25) is 5.91 Å². The first-order chi connectivity index (χ1) is 6.52. The molecule has 0 heterocycles. The van der Waals surface area contributed by atoms with E-state index in [0.29, 0.717) is 6.54 Å². The maximum absolute atomic E-state index is 11.5. The number of carbonyl (C=O) groups is 2. The van der Waals surface area contributed by atoms with Gasteiger partial charge in [-0.1, -0.05) is 0 Å². The van der Waals surface area contributed by atoms with Crippen LogP contribution in [0.3, 0.4) is 0 Å². The number of nitrogens with zero attached hydrogens (tertiary/aromatic N) is 1. The molecule has 14 heavy (non-hydrogen) atoms. The number of nitrogens with one attached hydrogen (secondary N) is 1. The fourth-order valence-electron chi connectivity index (χ4n) is 1.08. The van der Waals surface area contributed by atoms with E-state index in [2.05, 4.69) is 5.32 Å². The fraction of sp³-hybridized carbons (Fsp3) is 0.778. The van der Waals surface area contributed by atoms with Gasteiger partial charge in [0.1, 0.15) is 0 Å². The Labute approximate surface area is 89.6 Å². The highest BCUT2D eigenvalue weighted by Gasteiger charge is 2.16. The number of halogens is 1. The minimum absolute atomic E-state index is 0.0869. The molecule has 0 aromatic heterocycles. The van der Waals surface area contributed by atoms with Gasteiger partial charge in [-0.25, -0.2) is 4.79 Å². The molecule has 4 nitrogen and oxygen atoms in total. The molecule has 0 saturated heterocycles. The SMILES string of the molecule is CCN(C(=O)NC(=O)CCCl)C(C)C. The zero-order valence-corrected chi connectivity index (χ0v) is 9.60. The lowest BCUT2D eigenvalue weighted by molar-refractivity contribution is -0.119. The van der Waals surface area contributed by atoms with Crippen molar-refractivity contribution >= 4 is 23.5 Å². The van der Waals surface area contributed by atoms with Crippen LogP contribution in [0.5, 0.6) is 0 Å². The topological polar surface area (TPSA) is 49.4 Å². The van der Waals surface area contributed by atoms with Crippen molar-refractivity contribution in [1.29, 1.82) is 0 Å². The van der Waals surface area contributed by atoms with Gasteiger partial charge in [-0.15, -0.1) is 11.6 Å². The maximum atomic E-state index is 11.5. The third kappa shape index (κ3) is 4.46. The third-order valence-corrected chi connectivity index (χ3v) is 1.98. The molecule has 82 valence electrons. The van der Waals surface area contributed by atoms with E-state index in [9.17, 15) is 9.59 Å². The molecule has 0 aliphatic rings. The van der Waals surface area contributed by atoms with Gasteiger partial charge in [-0.05, 0) is 20.8 Å². The van der Waals surface area contributed by atoms with E-state index in [4.69, 9.17) is 11.6 Å². The van der Waals surface area contributed by atoms with Crippen LogP contribution in [0.25, 0.3) is 0 Å². The molecule has 0 aliphatic heterocycles. The molecule has 0 spiro atoms. The Balaban J connectivity index is 4.11. The Morgan fingerprint density at radius 1 is 1.43 bits per heavy atom. The predicted molar refractivity (Wildman–Crippen MR) is 56.4 cm³/mol. The summed E-state index contributed by atoms with van der Waals surface area (Å²) < 4.78 is 0. The standard InChI is InChI=1S/C9H17ClN2O2/c1-4-12(7(2)3)9(14)11-8(13)5-6-10/h7H,4-6H2,1-3H3,(H,11,13,14). The second kappa shape index (κ2) is 6.65. The highest BCUT2D eigenvalue weighted by atomic mass is 35.5. The molecule has 0 unspecified atom stereocenters. The fourth-order valence-corrected chi connectivity index (χ4v) is 1.25. The van der Waals surface area contributed by atoms with E-state index in [1.165, 1.54) is 0 Å². The molecule has 0 aromatic rings. The van der Waals surface area contributed by atoms with Gasteiger partial charge in [0.05, 0.1) is 0 Å². The molecule has 3 amide bonds. The van der Waals surface area contributed by atoms with Crippen molar-refractivity contribution in [3.8, 4) is 0 Å². The molecule has 0 rings (SSSR count). The second-order valence-corrected chi connectivity index (χ2v) is 3.55. The van der Waals surface area contributed by atoms with Gasteiger partial charge in [0.25, 0.3) is 0 Å². The van der Waals surface area contributed by atoms with E-state index in [-0.39, 0.29) is 30.3 Å². The minimum atomic E-state index is -0.349.